The first-order valence-corrected chi connectivity index (χ1v) is 10.3. The molecule has 0 unspecified atom stereocenters. The van der Waals surface area contributed by atoms with Gasteiger partial charge in [0.05, 0.1) is 11.4 Å². The smallest absolute Gasteiger partial charge is 0.175 e. The summed E-state index contributed by atoms with van der Waals surface area (Å²) in [4.78, 5) is 0.288. The molecule has 0 N–H and O–H groups in total. The molecule has 0 saturated carbocycles. The van der Waals surface area contributed by atoms with Crippen LogP contribution in [0.5, 0.6) is 0 Å². The van der Waals surface area contributed by atoms with Gasteiger partial charge in [0.15, 0.2) is 9.84 Å². The Morgan fingerprint density at radius 2 is 1.65 bits per heavy atom. The number of nitrogens with zero attached hydrogens (tertiary/aromatic N) is 2. The maximum Gasteiger partial charge on any atom is 0.175 e. The fourth-order valence-electron chi connectivity index (χ4n) is 2.87. The van der Waals surface area contributed by atoms with Gasteiger partial charge < -0.3 is 0 Å². The SMILES string of the molecule is C=CCn1nc(-c2ccc(S(C)(=O)=O)cc2)c(-c2ccc(Cl)cc2)c1C. The molecule has 26 heavy (non-hydrogen) atoms. The van der Waals surface area contributed by atoms with E-state index in [0.717, 1.165) is 28.1 Å². The molecule has 0 aliphatic carbocycles. The van der Waals surface area contributed by atoms with E-state index in [1.807, 2.05) is 35.9 Å². The van der Waals surface area contributed by atoms with E-state index in [0.29, 0.717) is 11.6 Å². The fourth-order valence-corrected chi connectivity index (χ4v) is 3.63. The third-order valence-electron chi connectivity index (χ3n) is 4.20. The predicted molar refractivity (Wildman–Crippen MR) is 106 cm³/mol. The molecule has 0 radical (unpaired) electrons. The normalized spacial score (nSPS) is 11.5. The molecule has 3 aromatic rings. The van der Waals surface area contributed by atoms with Crippen molar-refractivity contribution < 1.29 is 8.42 Å². The standard InChI is InChI=1S/C20H19ClN2O2S/c1-4-13-23-14(2)19(15-5-9-17(21)10-6-15)20(22-23)16-7-11-18(12-8-16)26(3,24)25/h4-12H,1,13H2,2-3H3. The molecular formula is C20H19ClN2O2S. The fraction of sp³-hybridized carbons (Fsp3) is 0.150. The Balaban J connectivity index is 2.18. The number of hydrogen-bond donors (Lipinski definition) is 0. The van der Waals surface area contributed by atoms with Crippen LogP contribution in [0, 0.1) is 6.92 Å². The van der Waals surface area contributed by atoms with Gasteiger partial charge in [0, 0.05) is 28.1 Å². The lowest BCUT2D eigenvalue weighted by Gasteiger charge is -2.06. The first kappa shape index (κ1) is 18.4. The van der Waals surface area contributed by atoms with Crippen molar-refractivity contribution in [1.29, 1.82) is 0 Å². The van der Waals surface area contributed by atoms with Gasteiger partial charge in [-0.25, -0.2) is 8.42 Å². The molecule has 1 heterocycles. The van der Waals surface area contributed by atoms with Crippen LogP contribution >= 0.6 is 11.6 Å². The Labute approximate surface area is 158 Å². The van der Waals surface area contributed by atoms with Crippen LogP contribution in [0.2, 0.25) is 5.02 Å². The highest BCUT2D eigenvalue weighted by Crippen LogP contribution is 2.35. The van der Waals surface area contributed by atoms with Crippen molar-refractivity contribution in [3.8, 4) is 22.4 Å². The van der Waals surface area contributed by atoms with Crippen LogP contribution in [0.4, 0.5) is 0 Å². The molecule has 2 aromatic carbocycles. The summed E-state index contributed by atoms with van der Waals surface area (Å²) in [5.41, 5.74) is 4.66. The van der Waals surface area contributed by atoms with Crippen LogP contribution in [0.1, 0.15) is 5.69 Å². The van der Waals surface area contributed by atoms with Gasteiger partial charge in [0.1, 0.15) is 5.69 Å². The second kappa shape index (κ2) is 7.09. The lowest BCUT2D eigenvalue weighted by atomic mass is 9.99. The van der Waals surface area contributed by atoms with Crippen LogP contribution in [0.15, 0.2) is 66.1 Å². The van der Waals surface area contributed by atoms with Crippen molar-refractivity contribution in [3.63, 3.8) is 0 Å². The summed E-state index contributed by atoms with van der Waals surface area (Å²) in [5, 5.41) is 5.39. The molecule has 0 aliphatic heterocycles. The minimum atomic E-state index is -3.23. The van der Waals surface area contributed by atoms with Crippen molar-refractivity contribution in [1.82, 2.24) is 9.78 Å². The Kier molecular flexibility index (Phi) is 5.03. The van der Waals surface area contributed by atoms with Crippen LogP contribution < -0.4 is 0 Å². The number of benzene rings is 2. The quantitative estimate of drug-likeness (QED) is 0.593. The summed E-state index contributed by atoms with van der Waals surface area (Å²) < 4.78 is 25.3. The molecule has 0 aliphatic rings. The number of rotatable bonds is 5. The summed E-state index contributed by atoms with van der Waals surface area (Å²) in [5.74, 6) is 0. The van der Waals surface area contributed by atoms with Crippen LogP contribution in [-0.4, -0.2) is 24.5 Å². The summed E-state index contributed by atoms with van der Waals surface area (Å²) in [6.07, 6.45) is 2.99. The van der Waals surface area contributed by atoms with Crippen LogP contribution in [0.3, 0.4) is 0 Å². The van der Waals surface area contributed by atoms with E-state index in [2.05, 4.69) is 6.58 Å². The summed E-state index contributed by atoms with van der Waals surface area (Å²) >= 11 is 6.02. The molecule has 1 aromatic heterocycles. The molecule has 0 saturated heterocycles. The zero-order valence-electron chi connectivity index (χ0n) is 14.6. The summed E-state index contributed by atoms with van der Waals surface area (Å²) in [6, 6.07) is 14.4. The second-order valence-corrected chi connectivity index (χ2v) is 8.54. The van der Waals surface area contributed by atoms with Gasteiger partial charge in [-0.1, -0.05) is 41.9 Å². The molecule has 0 spiro atoms. The average molecular weight is 387 g/mol. The zero-order valence-corrected chi connectivity index (χ0v) is 16.2. The van der Waals surface area contributed by atoms with E-state index < -0.39 is 9.84 Å². The number of aromatic nitrogens is 2. The van der Waals surface area contributed by atoms with E-state index in [-0.39, 0.29) is 4.90 Å². The molecule has 0 atom stereocenters. The molecule has 6 heteroatoms. The highest BCUT2D eigenvalue weighted by Gasteiger charge is 2.18. The van der Waals surface area contributed by atoms with Crippen molar-refractivity contribution in [3.05, 3.63) is 71.9 Å². The van der Waals surface area contributed by atoms with Gasteiger partial charge in [-0.15, -0.1) is 6.58 Å². The Bertz CT molecular complexity index is 1050. The molecule has 0 bridgehead atoms. The molecule has 0 amide bonds. The maximum absolute atomic E-state index is 11.7. The summed E-state index contributed by atoms with van der Waals surface area (Å²) in [7, 11) is -3.23. The first-order valence-electron chi connectivity index (χ1n) is 8.06. The van der Waals surface area contributed by atoms with E-state index in [1.54, 1.807) is 30.3 Å². The first-order chi connectivity index (χ1) is 12.3. The van der Waals surface area contributed by atoms with E-state index in [9.17, 15) is 8.42 Å². The lowest BCUT2D eigenvalue weighted by molar-refractivity contribution is 0.602. The molecule has 3 rings (SSSR count). The lowest BCUT2D eigenvalue weighted by Crippen LogP contribution is -1.99. The zero-order chi connectivity index (χ0) is 18.9. The van der Waals surface area contributed by atoms with Gasteiger partial charge in [-0.05, 0) is 36.8 Å². The Hall–Kier alpha value is -2.37. The number of allylic oxidation sites excluding steroid dienone is 1. The molecule has 0 fully saturated rings. The minimum Gasteiger partial charge on any atom is -0.265 e. The number of halogens is 1. The van der Waals surface area contributed by atoms with Gasteiger partial charge in [-0.2, -0.15) is 5.10 Å². The molecule has 4 nitrogen and oxygen atoms in total. The van der Waals surface area contributed by atoms with Crippen molar-refractivity contribution in [2.45, 2.75) is 18.4 Å². The minimum absolute atomic E-state index is 0.288. The third-order valence-corrected chi connectivity index (χ3v) is 5.58. The third kappa shape index (κ3) is 3.59. The Morgan fingerprint density at radius 3 is 2.19 bits per heavy atom. The number of sulfone groups is 1. The predicted octanol–water partition coefficient (Wildman–Crippen LogP) is 4.77. The van der Waals surface area contributed by atoms with Gasteiger partial charge in [0.25, 0.3) is 0 Å². The highest BCUT2D eigenvalue weighted by atomic mass is 35.5. The van der Waals surface area contributed by atoms with Crippen molar-refractivity contribution in [2.75, 3.05) is 6.26 Å². The topological polar surface area (TPSA) is 52.0 Å². The number of hydrogen-bond acceptors (Lipinski definition) is 3. The van der Waals surface area contributed by atoms with Gasteiger partial charge in [0.2, 0.25) is 0 Å². The monoisotopic (exact) mass is 386 g/mol. The largest absolute Gasteiger partial charge is 0.265 e. The van der Waals surface area contributed by atoms with Gasteiger partial charge >= 0.3 is 0 Å². The molecular weight excluding hydrogens is 368 g/mol. The highest BCUT2D eigenvalue weighted by molar-refractivity contribution is 7.90. The molecule has 134 valence electrons. The van der Waals surface area contributed by atoms with E-state index in [4.69, 9.17) is 16.7 Å². The maximum atomic E-state index is 11.7. The van der Waals surface area contributed by atoms with Crippen molar-refractivity contribution in [2.24, 2.45) is 0 Å². The summed E-state index contributed by atoms with van der Waals surface area (Å²) in [6.45, 7) is 6.39. The second-order valence-electron chi connectivity index (χ2n) is 6.08. The average Bonchev–Trinajstić information content (AvgIpc) is 2.92. The van der Waals surface area contributed by atoms with Crippen molar-refractivity contribution >= 4 is 21.4 Å². The van der Waals surface area contributed by atoms with Crippen LogP contribution in [0.25, 0.3) is 22.4 Å². The Morgan fingerprint density at radius 1 is 1.08 bits per heavy atom. The van der Waals surface area contributed by atoms with E-state index in [1.165, 1.54) is 6.26 Å². The van der Waals surface area contributed by atoms with Gasteiger partial charge in [-0.3, -0.25) is 4.68 Å². The van der Waals surface area contributed by atoms with E-state index >= 15 is 0 Å². The van der Waals surface area contributed by atoms with Crippen LogP contribution in [-0.2, 0) is 16.4 Å².